The van der Waals surface area contributed by atoms with Crippen molar-refractivity contribution < 1.29 is 13.9 Å². The molecule has 0 saturated carbocycles. The lowest BCUT2D eigenvalue weighted by Crippen LogP contribution is -2.39. The molecule has 27 heavy (non-hydrogen) atoms. The largest absolute Gasteiger partial charge is 0.463 e. The number of hydrazone groups is 1. The van der Waals surface area contributed by atoms with Crippen LogP contribution in [0.4, 0.5) is 0 Å². The van der Waals surface area contributed by atoms with E-state index in [0.29, 0.717) is 12.8 Å². The van der Waals surface area contributed by atoms with Crippen molar-refractivity contribution in [2.75, 3.05) is 32.8 Å². The minimum atomic E-state index is -0.0807. The molecule has 1 aromatic heterocycles. The Hall–Kier alpha value is -2.44. The van der Waals surface area contributed by atoms with Gasteiger partial charge < -0.3 is 9.15 Å². The van der Waals surface area contributed by atoms with Gasteiger partial charge in [-0.2, -0.15) is 5.10 Å². The fourth-order valence-corrected chi connectivity index (χ4v) is 3.57. The molecule has 4 rings (SSSR count). The number of ether oxygens (including phenoxy) is 1. The highest BCUT2D eigenvalue weighted by Crippen LogP contribution is 2.33. The summed E-state index contributed by atoms with van der Waals surface area (Å²) in [6.07, 6.45) is 2.76. The van der Waals surface area contributed by atoms with Gasteiger partial charge >= 0.3 is 0 Å². The number of nitrogens with zero attached hydrogens (tertiary/aromatic N) is 3. The zero-order valence-corrected chi connectivity index (χ0v) is 15.6. The van der Waals surface area contributed by atoms with Gasteiger partial charge in [0.2, 0.25) is 5.91 Å². The summed E-state index contributed by atoms with van der Waals surface area (Å²) in [5.74, 6) is 0.782. The lowest BCUT2D eigenvalue weighted by molar-refractivity contribution is -0.133. The van der Waals surface area contributed by atoms with E-state index in [2.05, 4.69) is 41.2 Å². The maximum atomic E-state index is 13.0. The third-order valence-corrected chi connectivity index (χ3v) is 5.18. The summed E-state index contributed by atoms with van der Waals surface area (Å²) in [6.45, 7) is 6.06. The fraction of sp³-hybridized carbons (Fsp3) is 0.429. The van der Waals surface area contributed by atoms with E-state index in [9.17, 15) is 4.79 Å². The summed E-state index contributed by atoms with van der Waals surface area (Å²) >= 11 is 0. The van der Waals surface area contributed by atoms with Crippen LogP contribution in [0.3, 0.4) is 0 Å². The third kappa shape index (κ3) is 4.12. The van der Waals surface area contributed by atoms with Gasteiger partial charge in [-0.05, 0) is 24.6 Å². The quantitative estimate of drug-likeness (QED) is 0.815. The predicted molar refractivity (Wildman–Crippen MR) is 103 cm³/mol. The van der Waals surface area contributed by atoms with Crippen molar-refractivity contribution in [2.45, 2.75) is 25.8 Å². The second kappa shape index (κ2) is 8.06. The second-order valence-electron chi connectivity index (χ2n) is 7.10. The summed E-state index contributed by atoms with van der Waals surface area (Å²) in [5, 5.41) is 6.29. The number of hydrogen-bond donors (Lipinski definition) is 0. The van der Waals surface area contributed by atoms with Crippen LogP contribution >= 0.6 is 0 Å². The molecule has 6 heteroatoms. The van der Waals surface area contributed by atoms with Crippen LogP contribution in [0.1, 0.15) is 35.8 Å². The Morgan fingerprint density at radius 3 is 2.67 bits per heavy atom. The minimum Gasteiger partial charge on any atom is -0.463 e. The van der Waals surface area contributed by atoms with Crippen molar-refractivity contribution in [2.24, 2.45) is 5.10 Å². The van der Waals surface area contributed by atoms with Crippen LogP contribution in [0.15, 0.2) is 52.2 Å². The summed E-state index contributed by atoms with van der Waals surface area (Å²) in [6, 6.07) is 12.0. The topological polar surface area (TPSA) is 58.3 Å². The average molecular weight is 367 g/mol. The van der Waals surface area contributed by atoms with E-state index >= 15 is 0 Å². The van der Waals surface area contributed by atoms with Crippen LogP contribution in [-0.2, 0) is 9.53 Å². The Bertz CT molecular complexity index is 793. The first-order valence-corrected chi connectivity index (χ1v) is 9.51. The predicted octanol–water partition coefficient (Wildman–Crippen LogP) is 2.99. The van der Waals surface area contributed by atoms with Crippen molar-refractivity contribution in [1.29, 1.82) is 0 Å². The highest BCUT2D eigenvalue weighted by molar-refractivity contribution is 6.01. The molecule has 6 nitrogen and oxygen atoms in total. The first-order chi connectivity index (χ1) is 13.2. The molecule has 2 aliphatic heterocycles. The maximum Gasteiger partial charge on any atom is 0.244 e. The number of benzene rings is 1. The number of morpholine rings is 1. The van der Waals surface area contributed by atoms with Crippen molar-refractivity contribution >= 4 is 11.6 Å². The highest BCUT2D eigenvalue weighted by Gasteiger charge is 2.33. The number of furan rings is 1. The number of carbonyl (C=O) groups is 1. The standard InChI is InChI=1S/C21H25N3O3/c1-16-4-6-17(7-5-16)19-15-18(20-3-2-12-27-20)22-24(19)21(25)8-9-23-10-13-26-14-11-23/h2-7,12,19H,8-11,13-15H2,1H3/t19-/m0/s1. The molecule has 0 N–H and O–H groups in total. The monoisotopic (exact) mass is 367 g/mol. The van der Waals surface area contributed by atoms with Gasteiger partial charge in [-0.3, -0.25) is 9.69 Å². The number of hydrogen-bond acceptors (Lipinski definition) is 5. The van der Waals surface area contributed by atoms with E-state index in [1.165, 1.54) is 5.56 Å². The van der Waals surface area contributed by atoms with E-state index < -0.39 is 0 Å². The SMILES string of the molecule is Cc1ccc([C@@H]2CC(c3ccco3)=NN2C(=O)CCN2CCOCC2)cc1. The number of carbonyl (C=O) groups excluding carboxylic acids is 1. The van der Waals surface area contributed by atoms with E-state index in [-0.39, 0.29) is 11.9 Å². The second-order valence-corrected chi connectivity index (χ2v) is 7.10. The molecule has 3 heterocycles. The molecular weight excluding hydrogens is 342 g/mol. The molecule has 1 atom stereocenters. The van der Waals surface area contributed by atoms with Gasteiger partial charge in [-0.15, -0.1) is 0 Å². The summed E-state index contributed by atoms with van der Waals surface area (Å²) in [5.41, 5.74) is 3.13. The molecule has 0 spiro atoms. The minimum absolute atomic E-state index is 0.0497. The normalized spacial score (nSPS) is 20.7. The Morgan fingerprint density at radius 1 is 1.19 bits per heavy atom. The Balaban J connectivity index is 1.51. The van der Waals surface area contributed by atoms with Gasteiger partial charge in [0, 0.05) is 32.5 Å². The van der Waals surface area contributed by atoms with Crippen LogP contribution < -0.4 is 0 Å². The smallest absolute Gasteiger partial charge is 0.244 e. The van der Waals surface area contributed by atoms with Gasteiger partial charge in [0.15, 0.2) is 0 Å². The van der Waals surface area contributed by atoms with Crippen LogP contribution in [0.5, 0.6) is 0 Å². The summed E-state index contributed by atoms with van der Waals surface area (Å²) in [4.78, 5) is 15.3. The average Bonchev–Trinajstić information content (AvgIpc) is 3.37. The van der Waals surface area contributed by atoms with Crippen LogP contribution in [0, 0.1) is 6.92 Å². The third-order valence-electron chi connectivity index (χ3n) is 5.18. The van der Waals surface area contributed by atoms with Crippen molar-refractivity contribution in [3.05, 3.63) is 59.5 Å². The van der Waals surface area contributed by atoms with Gasteiger partial charge in [0.1, 0.15) is 11.5 Å². The van der Waals surface area contributed by atoms with Crippen molar-refractivity contribution in [3.63, 3.8) is 0 Å². The van der Waals surface area contributed by atoms with Crippen LogP contribution in [0.2, 0.25) is 0 Å². The van der Waals surface area contributed by atoms with Gasteiger partial charge in [0.25, 0.3) is 0 Å². The van der Waals surface area contributed by atoms with Crippen molar-refractivity contribution in [3.8, 4) is 0 Å². The van der Waals surface area contributed by atoms with E-state index in [1.807, 2.05) is 12.1 Å². The molecule has 1 fully saturated rings. The fourth-order valence-electron chi connectivity index (χ4n) is 3.57. The molecule has 0 unspecified atom stereocenters. The molecule has 142 valence electrons. The van der Waals surface area contributed by atoms with Crippen molar-refractivity contribution in [1.82, 2.24) is 9.91 Å². The van der Waals surface area contributed by atoms with Gasteiger partial charge in [0.05, 0.1) is 25.5 Å². The van der Waals surface area contributed by atoms with Crippen LogP contribution in [0.25, 0.3) is 0 Å². The highest BCUT2D eigenvalue weighted by atomic mass is 16.5. The number of amides is 1. The van der Waals surface area contributed by atoms with Gasteiger partial charge in [-0.25, -0.2) is 5.01 Å². The molecule has 2 aromatic rings. The first-order valence-electron chi connectivity index (χ1n) is 9.51. The maximum absolute atomic E-state index is 13.0. The molecule has 1 aromatic carbocycles. The summed E-state index contributed by atoms with van der Waals surface area (Å²) in [7, 11) is 0. The number of aryl methyl sites for hydroxylation is 1. The Kier molecular flexibility index (Phi) is 5.36. The van der Waals surface area contributed by atoms with E-state index in [4.69, 9.17) is 9.15 Å². The lowest BCUT2D eigenvalue weighted by Gasteiger charge is -2.27. The molecule has 2 aliphatic rings. The molecule has 0 radical (unpaired) electrons. The van der Waals surface area contributed by atoms with E-state index in [1.54, 1.807) is 11.3 Å². The molecule has 1 amide bonds. The van der Waals surface area contributed by atoms with Crippen LogP contribution in [-0.4, -0.2) is 54.4 Å². The molecule has 1 saturated heterocycles. The Morgan fingerprint density at radius 2 is 1.96 bits per heavy atom. The Labute approximate surface area is 159 Å². The summed E-state index contributed by atoms with van der Waals surface area (Å²) < 4.78 is 10.9. The molecular formula is C21H25N3O3. The zero-order valence-electron chi connectivity index (χ0n) is 15.6. The van der Waals surface area contributed by atoms with E-state index in [0.717, 1.165) is 49.9 Å². The van der Waals surface area contributed by atoms with Gasteiger partial charge in [-0.1, -0.05) is 29.8 Å². The number of rotatable bonds is 5. The molecule has 0 bridgehead atoms. The first kappa shape index (κ1) is 17.9. The molecule has 0 aliphatic carbocycles. The zero-order chi connectivity index (χ0) is 18.6. The lowest BCUT2D eigenvalue weighted by atomic mass is 9.99.